The Bertz CT molecular complexity index is 480. The molecule has 4 nitrogen and oxygen atoms in total. The Morgan fingerprint density at radius 2 is 2.37 bits per heavy atom. The summed E-state index contributed by atoms with van der Waals surface area (Å²) in [5.74, 6) is 0.835. The average molecular weight is 259 g/mol. The van der Waals surface area contributed by atoms with E-state index in [1.165, 1.54) is 12.8 Å². The Labute approximate surface area is 114 Å². The predicted octanol–water partition coefficient (Wildman–Crippen LogP) is 1.62. The van der Waals surface area contributed by atoms with Crippen LogP contribution in [0.1, 0.15) is 18.4 Å². The largest absolute Gasteiger partial charge is 0.388 e. The highest BCUT2D eigenvalue weighted by atomic mass is 16.2. The SMILES string of the molecule is CNc1ccc2c(c1)CC(=O)N2CC1CCCNC1. The summed E-state index contributed by atoms with van der Waals surface area (Å²) in [4.78, 5) is 14.2. The van der Waals surface area contributed by atoms with E-state index in [4.69, 9.17) is 0 Å². The molecule has 1 unspecified atom stereocenters. The Morgan fingerprint density at radius 1 is 1.47 bits per heavy atom. The Kier molecular flexibility index (Phi) is 3.42. The molecule has 2 N–H and O–H groups in total. The lowest BCUT2D eigenvalue weighted by atomic mass is 9.99. The molecule has 1 aromatic carbocycles. The number of hydrogen-bond acceptors (Lipinski definition) is 3. The third-order valence-electron chi connectivity index (χ3n) is 4.14. The van der Waals surface area contributed by atoms with Crippen molar-refractivity contribution in [2.24, 2.45) is 5.92 Å². The van der Waals surface area contributed by atoms with Gasteiger partial charge in [0, 0.05) is 25.0 Å². The number of fused-ring (bicyclic) bond motifs is 1. The van der Waals surface area contributed by atoms with Gasteiger partial charge in [0.25, 0.3) is 0 Å². The highest BCUT2D eigenvalue weighted by Crippen LogP contribution is 2.32. The summed E-state index contributed by atoms with van der Waals surface area (Å²) in [6.45, 7) is 3.01. The number of nitrogens with zero attached hydrogens (tertiary/aromatic N) is 1. The summed E-state index contributed by atoms with van der Waals surface area (Å²) in [5, 5.41) is 6.55. The molecule has 1 atom stereocenters. The van der Waals surface area contributed by atoms with Crippen molar-refractivity contribution in [3.8, 4) is 0 Å². The first-order valence-corrected chi connectivity index (χ1v) is 7.09. The first kappa shape index (κ1) is 12.5. The van der Waals surface area contributed by atoms with Crippen LogP contribution in [0.25, 0.3) is 0 Å². The van der Waals surface area contributed by atoms with Gasteiger partial charge >= 0.3 is 0 Å². The lowest BCUT2D eigenvalue weighted by Gasteiger charge is -2.28. The summed E-state index contributed by atoms with van der Waals surface area (Å²) in [5.41, 5.74) is 3.34. The molecule has 19 heavy (non-hydrogen) atoms. The number of nitrogens with one attached hydrogen (secondary N) is 2. The smallest absolute Gasteiger partial charge is 0.231 e. The number of hydrogen-bond donors (Lipinski definition) is 2. The number of amides is 1. The zero-order chi connectivity index (χ0) is 13.2. The van der Waals surface area contributed by atoms with Crippen LogP contribution in [0.3, 0.4) is 0 Å². The van der Waals surface area contributed by atoms with Gasteiger partial charge < -0.3 is 15.5 Å². The van der Waals surface area contributed by atoms with Crippen molar-refractivity contribution in [3.63, 3.8) is 0 Å². The standard InChI is InChI=1S/C15H21N3O/c1-16-13-4-5-14-12(7-13)8-15(19)18(14)10-11-3-2-6-17-9-11/h4-5,7,11,16-17H,2-3,6,8-10H2,1H3. The van der Waals surface area contributed by atoms with Gasteiger partial charge in [0.05, 0.1) is 6.42 Å². The van der Waals surface area contributed by atoms with Crippen LogP contribution in [0.2, 0.25) is 0 Å². The number of benzene rings is 1. The van der Waals surface area contributed by atoms with Crippen LogP contribution in [-0.2, 0) is 11.2 Å². The van der Waals surface area contributed by atoms with E-state index >= 15 is 0 Å². The zero-order valence-corrected chi connectivity index (χ0v) is 11.4. The summed E-state index contributed by atoms with van der Waals surface area (Å²) in [6, 6.07) is 6.21. The van der Waals surface area contributed by atoms with E-state index in [9.17, 15) is 4.79 Å². The monoisotopic (exact) mass is 259 g/mol. The normalized spacial score (nSPS) is 22.5. The van der Waals surface area contributed by atoms with E-state index in [-0.39, 0.29) is 5.91 Å². The molecule has 1 amide bonds. The van der Waals surface area contributed by atoms with Crippen molar-refractivity contribution in [2.45, 2.75) is 19.3 Å². The minimum atomic E-state index is 0.244. The fourth-order valence-electron chi connectivity index (χ4n) is 3.08. The predicted molar refractivity (Wildman–Crippen MR) is 77.6 cm³/mol. The highest BCUT2D eigenvalue weighted by molar-refractivity contribution is 6.01. The Morgan fingerprint density at radius 3 is 3.11 bits per heavy atom. The van der Waals surface area contributed by atoms with Crippen LogP contribution < -0.4 is 15.5 Å². The molecule has 0 radical (unpaired) electrons. The summed E-state index contributed by atoms with van der Waals surface area (Å²) in [6.07, 6.45) is 2.99. The minimum Gasteiger partial charge on any atom is -0.388 e. The highest BCUT2D eigenvalue weighted by Gasteiger charge is 2.29. The van der Waals surface area contributed by atoms with Gasteiger partial charge in [-0.1, -0.05) is 0 Å². The van der Waals surface area contributed by atoms with Crippen LogP contribution in [0.5, 0.6) is 0 Å². The van der Waals surface area contributed by atoms with E-state index in [2.05, 4.69) is 22.8 Å². The van der Waals surface area contributed by atoms with Crippen molar-refractivity contribution in [3.05, 3.63) is 23.8 Å². The maximum Gasteiger partial charge on any atom is 0.231 e. The van der Waals surface area contributed by atoms with E-state index < -0.39 is 0 Å². The molecule has 2 aliphatic heterocycles. The molecule has 0 aromatic heterocycles. The zero-order valence-electron chi connectivity index (χ0n) is 11.4. The second kappa shape index (κ2) is 5.21. The van der Waals surface area contributed by atoms with E-state index in [1.54, 1.807) is 0 Å². The maximum absolute atomic E-state index is 12.2. The third-order valence-corrected chi connectivity index (χ3v) is 4.14. The number of carbonyl (C=O) groups excluding carboxylic acids is 1. The van der Waals surface area contributed by atoms with Gasteiger partial charge in [0.1, 0.15) is 0 Å². The van der Waals surface area contributed by atoms with Crippen molar-refractivity contribution < 1.29 is 4.79 Å². The van der Waals surface area contributed by atoms with Crippen molar-refractivity contribution >= 4 is 17.3 Å². The van der Waals surface area contributed by atoms with Crippen molar-refractivity contribution in [2.75, 3.05) is 36.9 Å². The summed E-state index contributed by atoms with van der Waals surface area (Å²) < 4.78 is 0. The van der Waals surface area contributed by atoms with Gasteiger partial charge in [-0.3, -0.25) is 4.79 Å². The minimum absolute atomic E-state index is 0.244. The molecule has 102 valence electrons. The molecule has 0 aliphatic carbocycles. The first-order valence-electron chi connectivity index (χ1n) is 7.09. The molecule has 1 aromatic rings. The maximum atomic E-state index is 12.2. The molecule has 4 heteroatoms. The number of rotatable bonds is 3. The number of anilines is 2. The lowest BCUT2D eigenvalue weighted by molar-refractivity contribution is -0.117. The van der Waals surface area contributed by atoms with E-state index in [0.29, 0.717) is 12.3 Å². The Balaban J connectivity index is 1.78. The molecular formula is C15H21N3O. The van der Waals surface area contributed by atoms with Crippen LogP contribution >= 0.6 is 0 Å². The number of piperidine rings is 1. The van der Waals surface area contributed by atoms with E-state index in [0.717, 1.165) is 36.6 Å². The second-order valence-electron chi connectivity index (χ2n) is 5.49. The topological polar surface area (TPSA) is 44.4 Å². The molecule has 3 rings (SSSR count). The lowest BCUT2D eigenvalue weighted by Crippen LogP contribution is -2.39. The van der Waals surface area contributed by atoms with Gasteiger partial charge in [-0.2, -0.15) is 0 Å². The molecule has 0 saturated carbocycles. The van der Waals surface area contributed by atoms with Gasteiger partial charge in [-0.15, -0.1) is 0 Å². The molecule has 1 fully saturated rings. The third kappa shape index (κ3) is 2.45. The fraction of sp³-hybridized carbons (Fsp3) is 0.533. The van der Waals surface area contributed by atoms with Crippen LogP contribution in [0.4, 0.5) is 11.4 Å². The van der Waals surface area contributed by atoms with Crippen molar-refractivity contribution in [1.29, 1.82) is 0 Å². The molecule has 2 heterocycles. The summed E-state index contributed by atoms with van der Waals surface area (Å²) >= 11 is 0. The van der Waals surface area contributed by atoms with Gasteiger partial charge in [0.2, 0.25) is 5.91 Å². The van der Waals surface area contributed by atoms with Gasteiger partial charge in [-0.05, 0) is 55.6 Å². The molecule has 1 saturated heterocycles. The molecule has 0 spiro atoms. The average Bonchev–Trinajstić information content (AvgIpc) is 2.75. The second-order valence-corrected chi connectivity index (χ2v) is 5.49. The first-order chi connectivity index (χ1) is 9.28. The summed E-state index contributed by atoms with van der Waals surface area (Å²) in [7, 11) is 1.91. The van der Waals surface area contributed by atoms with Gasteiger partial charge in [0.15, 0.2) is 0 Å². The fourth-order valence-corrected chi connectivity index (χ4v) is 3.08. The molecular weight excluding hydrogens is 238 g/mol. The molecule has 0 bridgehead atoms. The Hall–Kier alpha value is -1.55. The van der Waals surface area contributed by atoms with Crippen LogP contribution in [-0.4, -0.2) is 32.6 Å². The number of carbonyl (C=O) groups is 1. The molecule has 2 aliphatic rings. The van der Waals surface area contributed by atoms with Crippen molar-refractivity contribution in [1.82, 2.24) is 5.32 Å². The van der Waals surface area contributed by atoms with E-state index in [1.807, 2.05) is 18.0 Å². The quantitative estimate of drug-likeness (QED) is 0.867. The van der Waals surface area contributed by atoms with Crippen LogP contribution in [0, 0.1) is 5.92 Å². The van der Waals surface area contributed by atoms with Crippen LogP contribution in [0.15, 0.2) is 18.2 Å². The van der Waals surface area contributed by atoms with Gasteiger partial charge in [-0.25, -0.2) is 0 Å².